The fourth-order valence-electron chi connectivity index (χ4n) is 3.46. The molecule has 2 fully saturated rings. The molecule has 2 unspecified atom stereocenters. The van der Waals surface area contributed by atoms with E-state index in [1.807, 2.05) is 18.2 Å². The van der Waals surface area contributed by atoms with Crippen molar-refractivity contribution in [1.29, 1.82) is 0 Å². The highest BCUT2D eigenvalue weighted by Gasteiger charge is 2.39. The molecule has 0 spiro atoms. The van der Waals surface area contributed by atoms with Crippen LogP contribution in [-0.4, -0.2) is 55.6 Å². The van der Waals surface area contributed by atoms with Gasteiger partial charge in [-0.25, -0.2) is 0 Å². The summed E-state index contributed by atoms with van der Waals surface area (Å²) in [5.74, 6) is 0.0708. The Bertz CT molecular complexity index is 665. The third-order valence-electron chi connectivity index (χ3n) is 4.67. The zero-order valence-electron chi connectivity index (χ0n) is 12.9. The minimum absolute atomic E-state index is 0.00709. The van der Waals surface area contributed by atoms with Gasteiger partial charge < -0.3 is 4.90 Å². The van der Waals surface area contributed by atoms with E-state index in [0.717, 1.165) is 26.1 Å². The van der Waals surface area contributed by atoms with E-state index in [1.54, 1.807) is 0 Å². The summed E-state index contributed by atoms with van der Waals surface area (Å²) in [7, 11) is -4.63. The Morgan fingerprint density at radius 3 is 2.57 bits per heavy atom. The minimum Gasteiger partial charge on any atom is -0.341 e. The number of nitrogens with zero attached hydrogens (tertiary/aromatic N) is 2. The first-order valence-corrected chi connectivity index (χ1v) is 9.34. The molecule has 1 aromatic rings. The van der Waals surface area contributed by atoms with Gasteiger partial charge in [-0.2, -0.15) is 8.42 Å². The van der Waals surface area contributed by atoms with Gasteiger partial charge in [0.25, 0.3) is 0 Å². The number of likely N-dealkylation sites (tertiary alicyclic amines) is 2. The predicted molar refractivity (Wildman–Crippen MR) is 84.8 cm³/mol. The molecule has 3 rings (SSSR count). The third kappa shape index (κ3) is 4.09. The largest absolute Gasteiger partial charge is 0.341 e. The van der Waals surface area contributed by atoms with Crippen LogP contribution in [0.25, 0.3) is 0 Å². The molecule has 5 nitrogen and oxygen atoms in total. The van der Waals surface area contributed by atoms with Gasteiger partial charge in [-0.05, 0) is 24.4 Å². The van der Waals surface area contributed by atoms with E-state index in [1.165, 1.54) is 10.5 Å². The zero-order chi connectivity index (χ0) is 16.4. The molecule has 2 saturated heterocycles. The van der Waals surface area contributed by atoms with Crippen molar-refractivity contribution < 1.29 is 17.1 Å². The molecule has 2 aliphatic rings. The van der Waals surface area contributed by atoms with Crippen molar-refractivity contribution in [2.75, 3.05) is 26.2 Å². The van der Waals surface area contributed by atoms with Gasteiger partial charge in [-0.3, -0.25) is 9.69 Å². The van der Waals surface area contributed by atoms with E-state index in [4.69, 9.17) is 0 Å². The summed E-state index contributed by atoms with van der Waals surface area (Å²) in [5, 5.41) is -1.18. The van der Waals surface area contributed by atoms with Crippen LogP contribution in [0, 0.1) is 5.92 Å². The van der Waals surface area contributed by atoms with Crippen molar-refractivity contribution in [3.8, 4) is 0 Å². The van der Waals surface area contributed by atoms with E-state index < -0.39 is 15.5 Å². The molecule has 0 radical (unpaired) electrons. The molecule has 2 atom stereocenters. The van der Waals surface area contributed by atoms with Crippen LogP contribution in [0.4, 0.5) is 3.89 Å². The summed E-state index contributed by atoms with van der Waals surface area (Å²) >= 11 is 0. The number of benzene rings is 1. The number of carbonyl (C=O) groups is 1. The Hall–Kier alpha value is -1.47. The summed E-state index contributed by atoms with van der Waals surface area (Å²) in [4.78, 5) is 15.7. The molecule has 1 amide bonds. The molecule has 2 heterocycles. The molecular weight excluding hydrogens is 319 g/mol. The van der Waals surface area contributed by atoms with Crippen LogP contribution in [0.1, 0.15) is 18.4 Å². The SMILES string of the molecule is O=C1CC(S(=O)(=O)F)CN1CC1CCN(Cc2ccccc2)C1. The Balaban J connectivity index is 1.51. The third-order valence-corrected chi connectivity index (χ3v) is 5.79. The molecule has 0 saturated carbocycles. The fourth-order valence-corrected chi connectivity index (χ4v) is 4.16. The lowest BCUT2D eigenvalue weighted by molar-refractivity contribution is -0.128. The molecule has 126 valence electrons. The molecule has 0 N–H and O–H groups in total. The zero-order valence-corrected chi connectivity index (χ0v) is 13.7. The van der Waals surface area contributed by atoms with E-state index in [-0.39, 0.29) is 18.9 Å². The molecule has 0 bridgehead atoms. The van der Waals surface area contributed by atoms with Crippen molar-refractivity contribution in [2.24, 2.45) is 5.92 Å². The topological polar surface area (TPSA) is 57.7 Å². The van der Waals surface area contributed by atoms with Crippen molar-refractivity contribution in [2.45, 2.75) is 24.6 Å². The predicted octanol–water partition coefficient (Wildman–Crippen LogP) is 1.41. The van der Waals surface area contributed by atoms with Crippen LogP contribution in [-0.2, 0) is 21.6 Å². The van der Waals surface area contributed by atoms with Gasteiger partial charge >= 0.3 is 10.2 Å². The molecule has 7 heteroatoms. The quantitative estimate of drug-likeness (QED) is 0.761. The van der Waals surface area contributed by atoms with Gasteiger partial charge in [0.2, 0.25) is 5.91 Å². The molecule has 1 aromatic carbocycles. The van der Waals surface area contributed by atoms with E-state index >= 15 is 0 Å². The number of rotatable bonds is 5. The van der Waals surface area contributed by atoms with Crippen LogP contribution in [0.5, 0.6) is 0 Å². The van der Waals surface area contributed by atoms with Crippen molar-refractivity contribution in [1.82, 2.24) is 9.80 Å². The first-order valence-electron chi connectivity index (χ1n) is 7.89. The highest BCUT2D eigenvalue weighted by atomic mass is 32.3. The molecule has 0 aliphatic carbocycles. The first-order chi connectivity index (χ1) is 10.9. The lowest BCUT2D eigenvalue weighted by Crippen LogP contribution is -2.33. The summed E-state index contributed by atoms with van der Waals surface area (Å²) in [5.41, 5.74) is 1.26. The minimum atomic E-state index is -4.63. The second-order valence-electron chi connectivity index (χ2n) is 6.48. The van der Waals surface area contributed by atoms with Crippen molar-refractivity contribution in [3.63, 3.8) is 0 Å². The highest BCUT2D eigenvalue weighted by Crippen LogP contribution is 2.24. The maximum atomic E-state index is 13.0. The van der Waals surface area contributed by atoms with Crippen LogP contribution in [0.15, 0.2) is 30.3 Å². The summed E-state index contributed by atoms with van der Waals surface area (Å²) < 4.78 is 35.0. The normalized spacial score (nSPS) is 26.1. The monoisotopic (exact) mass is 340 g/mol. The number of hydrogen-bond acceptors (Lipinski definition) is 4. The Kier molecular flexibility index (Phi) is 4.68. The average Bonchev–Trinajstić information content (AvgIpc) is 3.08. The molecule has 23 heavy (non-hydrogen) atoms. The van der Waals surface area contributed by atoms with E-state index in [2.05, 4.69) is 17.0 Å². The molecular formula is C16H21FN2O3S. The maximum Gasteiger partial charge on any atom is 0.307 e. The fraction of sp³-hybridized carbons (Fsp3) is 0.562. The van der Waals surface area contributed by atoms with E-state index in [0.29, 0.717) is 12.5 Å². The summed E-state index contributed by atoms with van der Waals surface area (Å²) in [6, 6.07) is 10.2. The average molecular weight is 340 g/mol. The van der Waals surface area contributed by atoms with Crippen LogP contribution < -0.4 is 0 Å². The second-order valence-corrected chi connectivity index (χ2v) is 8.09. The summed E-state index contributed by atoms with van der Waals surface area (Å²) in [6.45, 7) is 3.24. The maximum absolute atomic E-state index is 13.0. The number of halogens is 1. The van der Waals surface area contributed by atoms with E-state index in [9.17, 15) is 17.1 Å². The standard InChI is InChI=1S/C16H21FN2O3S/c17-23(21,22)15-8-16(20)19(12-15)11-14-6-7-18(10-14)9-13-4-2-1-3-5-13/h1-5,14-15H,6-12H2. The Morgan fingerprint density at radius 1 is 1.17 bits per heavy atom. The summed E-state index contributed by atoms with van der Waals surface area (Å²) in [6.07, 6.45) is 0.753. The van der Waals surface area contributed by atoms with Gasteiger partial charge in [-0.1, -0.05) is 30.3 Å². The van der Waals surface area contributed by atoms with Gasteiger partial charge in [0.05, 0.1) is 0 Å². The second kappa shape index (κ2) is 6.57. The molecule has 0 aromatic heterocycles. The lowest BCUT2D eigenvalue weighted by Gasteiger charge is -2.21. The van der Waals surface area contributed by atoms with Gasteiger partial charge in [-0.15, -0.1) is 3.89 Å². The van der Waals surface area contributed by atoms with Gasteiger partial charge in [0.15, 0.2) is 0 Å². The number of carbonyl (C=O) groups excluding carboxylic acids is 1. The number of hydrogen-bond donors (Lipinski definition) is 0. The molecule has 2 aliphatic heterocycles. The Morgan fingerprint density at radius 2 is 1.91 bits per heavy atom. The smallest absolute Gasteiger partial charge is 0.307 e. The van der Waals surface area contributed by atoms with Crippen LogP contribution in [0.2, 0.25) is 0 Å². The van der Waals surface area contributed by atoms with Crippen molar-refractivity contribution >= 4 is 16.1 Å². The lowest BCUT2D eigenvalue weighted by atomic mass is 10.1. The van der Waals surface area contributed by atoms with Gasteiger partial charge in [0.1, 0.15) is 5.25 Å². The van der Waals surface area contributed by atoms with Crippen molar-refractivity contribution in [3.05, 3.63) is 35.9 Å². The first kappa shape index (κ1) is 16.4. The van der Waals surface area contributed by atoms with Crippen LogP contribution >= 0.6 is 0 Å². The number of amides is 1. The Labute approximate surface area is 136 Å². The van der Waals surface area contributed by atoms with Gasteiger partial charge in [0, 0.05) is 32.6 Å². The van der Waals surface area contributed by atoms with Crippen LogP contribution in [0.3, 0.4) is 0 Å². The highest BCUT2D eigenvalue weighted by molar-refractivity contribution is 7.87.